The summed E-state index contributed by atoms with van der Waals surface area (Å²) in [5, 5.41) is 10.2. The first kappa shape index (κ1) is 22.8. The highest BCUT2D eigenvalue weighted by atomic mass is 32.1. The van der Waals surface area contributed by atoms with Gasteiger partial charge in [-0.2, -0.15) is 17.7 Å². The van der Waals surface area contributed by atoms with Crippen molar-refractivity contribution in [2.24, 2.45) is 5.92 Å². The number of halogens is 2. The third-order valence-electron chi connectivity index (χ3n) is 6.27. The van der Waals surface area contributed by atoms with Crippen molar-refractivity contribution >= 4 is 30.0 Å². The fourth-order valence-electron chi connectivity index (χ4n) is 4.10. The number of rotatable bonds is 8. The third-order valence-corrected chi connectivity index (χ3v) is 6.78. The van der Waals surface area contributed by atoms with Gasteiger partial charge in [0.05, 0.1) is 11.7 Å². The minimum atomic E-state index is -2.82. The summed E-state index contributed by atoms with van der Waals surface area (Å²) in [5.74, 6) is 1.00. The lowest BCUT2D eigenvalue weighted by molar-refractivity contribution is 0.102. The molecule has 11 heteroatoms. The lowest BCUT2D eigenvalue weighted by atomic mass is 9.95. The van der Waals surface area contributed by atoms with Gasteiger partial charge in [0.15, 0.2) is 11.4 Å². The SMILES string of the molecule is O=C(Nc1cn(C2CCC(S)CC2)nc1C(F)F)c1coc(-c2ccnc(NCC3CC3)c2)n1. The number of hydrogen-bond donors (Lipinski definition) is 3. The topological polar surface area (TPSA) is 97.9 Å². The van der Waals surface area contributed by atoms with Gasteiger partial charge < -0.3 is 15.1 Å². The van der Waals surface area contributed by atoms with Gasteiger partial charge in [0.25, 0.3) is 12.3 Å². The smallest absolute Gasteiger partial charge is 0.284 e. The quantitative estimate of drug-likeness (QED) is 0.370. The largest absolute Gasteiger partial charge is 0.444 e. The molecule has 180 valence electrons. The van der Waals surface area contributed by atoms with Crippen LogP contribution in [0.1, 0.15) is 67.2 Å². The number of aromatic nitrogens is 4. The molecule has 2 N–H and O–H groups in total. The Labute approximate surface area is 201 Å². The van der Waals surface area contributed by atoms with Crippen LogP contribution in [0.3, 0.4) is 0 Å². The molecular formula is C23H26F2N6O2S. The van der Waals surface area contributed by atoms with Gasteiger partial charge in [-0.3, -0.25) is 9.48 Å². The highest BCUT2D eigenvalue weighted by molar-refractivity contribution is 7.80. The fraction of sp³-hybridized carbons (Fsp3) is 0.478. The van der Waals surface area contributed by atoms with E-state index in [0.29, 0.717) is 22.5 Å². The normalized spacial score (nSPS) is 20.5. The minimum absolute atomic E-state index is 0.0112. The number of carbonyl (C=O) groups excluding carboxylic acids is 1. The van der Waals surface area contributed by atoms with Crippen LogP contribution in [0.5, 0.6) is 0 Å². The van der Waals surface area contributed by atoms with Gasteiger partial charge in [0.1, 0.15) is 12.1 Å². The first-order valence-electron chi connectivity index (χ1n) is 11.5. The minimum Gasteiger partial charge on any atom is -0.444 e. The van der Waals surface area contributed by atoms with E-state index < -0.39 is 18.0 Å². The molecule has 0 unspecified atom stereocenters. The number of nitrogens with zero attached hydrogens (tertiary/aromatic N) is 4. The number of alkyl halides is 2. The maximum atomic E-state index is 13.6. The lowest BCUT2D eigenvalue weighted by Crippen LogP contribution is -2.18. The summed E-state index contributed by atoms with van der Waals surface area (Å²) in [6, 6.07) is 3.54. The molecule has 0 aliphatic heterocycles. The second-order valence-corrected chi connectivity index (χ2v) is 9.65. The molecule has 2 aliphatic carbocycles. The van der Waals surface area contributed by atoms with E-state index in [9.17, 15) is 13.6 Å². The van der Waals surface area contributed by atoms with E-state index in [2.05, 4.69) is 38.3 Å². The summed E-state index contributed by atoms with van der Waals surface area (Å²) < 4.78 is 34.3. The molecule has 5 rings (SSSR count). The predicted molar refractivity (Wildman–Crippen MR) is 126 cm³/mol. The van der Waals surface area contributed by atoms with E-state index >= 15 is 0 Å². The van der Waals surface area contributed by atoms with Crippen molar-refractivity contribution < 1.29 is 18.0 Å². The van der Waals surface area contributed by atoms with Crippen molar-refractivity contribution in [2.45, 2.75) is 56.2 Å². The Hall–Kier alpha value is -2.95. The number of oxazole rings is 1. The van der Waals surface area contributed by atoms with Gasteiger partial charge in [0, 0.05) is 29.8 Å². The van der Waals surface area contributed by atoms with Crippen LogP contribution < -0.4 is 10.6 Å². The Bertz CT molecular complexity index is 1150. The molecule has 0 radical (unpaired) electrons. The molecule has 0 saturated heterocycles. The van der Waals surface area contributed by atoms with Crippen LogP contribution in [-0.4, -0.2) is 37.5 Å². The Morgan fingerprint density at radius 1 is 1.24 bits per heavy atom. The van der Waals surface area contributed by atoms with Crippen LogP contribution in [0.25, 0.3) is 11.5 Å². The molecular weight excluding hydrogens is 462 g/mol. The maximum Gasteiger partial charge on any atom is 0.284 e. The molecule has 0 aromatic carbocycles. The zero-order chi connectivity index (χ0) is 23.7. The van der Waals surface area contributed by atoms with Gasteiger partial charge in [-0.25, -0.2) is 18.7 Å². The molecule has 3 heterocycles. The molecule has 3 aromatic rings. The molecule has 34 heavy (non-hydrogen) atoms. The van der Waals surface area contributed by atoms with Crippen molar-refractivity contribution in [2.75, 3.05) is 17.2 Å². The highest BCUT2D eigenvalue weighted by Crippen LogP contribution is 2.34. The van der Waals surface area contributed by atoms with Gasteiger partial charge in [-0.05, 0) is 56.6 Å². The summed E-state index contributed by atoms with van der Waals surface area (Å²) in [4.78, 5) is 21.3. The molecule has 0 spiro atoms. The second kappa shape index (κ2) is 9.73. The average Bonchev–Trinajstić information content (AvgIpc) is 3.35. The number of nitrogens with one attached hydrogen (secondary N) is 2. The molecule has 2 aliphatic rings. The van der Waals surface area contributed by atoms with Gasteiger partial charge >= 0.3 is 0 Å². The van der Waals surface area contributed by atoms with Crippen LogP contribution in [0.4, 0.5) is 20.3 Å². The number of anilines is 2. The molecule has 0 bridgehead atoms. The monoisotopic (exact) mass is 488 g/mol. The number of amides is 1. The van der Waals surface area contributed by atoms with Crippen LogP contribution in [0, 0.1) is 5.92 Å². The number of hydrogen-bond acceptors (Lipinski definition) is 7. The van der Waals surface area contributed by atoms with Crippen LogP contribution in [0.2, 0.25) is 0 Å². The van der Waals surface area contributed by atoms with Crippen LogP contribution in [-0.2, 0) is 0 Å². The van der Waals surface area contributed by atoms with Crippen molar-refractivity contribution in [3.8, 4) is 11.5 Å². The van der Waals surface area contributed by atoms with Crippen molar-refractivity contribution in [1.29, 1.82) is 0 Å². The van der Waals surface area contributed by atoms with Gasteiger partial charge in [-0.15, -0.1) is 0 Å². The number of pyridine rings is 1. The van der Waals surface area contributed by atoms with E-state index in [1.165, 1.54) is 30.0 Å². The van der Waals surface area contributed by atoms with E-state index in [1.54, 1.807) is 18.3 Å². The van der Waals surface area contributed by atoms with Crippen molar-refractivity contribution in [1.82, 2.24) is 19.7 Å². The fourth-order valence-corrected chi connectivity index (χ4v) is 4.40. The zero-order valence-electron chi connectivity index (χ0n) is 18.5. The molecule has 8 nitrogen and oxygen atoms in total. The molecule has 0 atom stereocenters. The average molecular weight is 489 g/mol. The standard InChI is InChI=1S/C23H26F2N6O2S/c24-21(25)20-17(11-31(30-20)15-3-5-16(34)6-4-15)28-22(32)18-12-33-23(29-18)14-7-8-26-19(9-14)27-10-13-1-2-13/h7-9,11-13,15-16,21,34H,1-6,10H2,(H,26,27)(H,28,32). The lowest BCUT2D eigenvalue weighted by Gasteiger charge is -2.25. The highest BCUT2D eigenvalue weighted by Gasteiger charge is 2.26. The van der Waals surface area contributed by atoms with E-state index in [4.69, 9.17) is 4.42 Å². The van der Waals surface area contributed by atoms with E-state index in [0.717, 1.165) is 32.2 Å². The summed E-state index contributed by atoms with van der Waals surface area (Å²) >= 11 is 4.48. The van der Waals surface area contributed by atoms with Crippen molar-refractivity contribution in [3.63, 3.8) is 0 Å². The zero-order valence-corrected chi connectivity index (χ0v) is 19.3. The van der Waals surface area contributed by atoms with Crippen molar-refractivity contribution in [3.05, 3.63) is 42.2 Å². The predicted octanol–water partition coefficient (Wildman–Crippen LogP) is 5.36. The molecule has 2 fully saturated rings. The number of carbonyl (C=O) groups is 1. The first-order valence-corrected chi connectivity index (χ1v) is 12.0. The number of thiol groups is 1. The summed E-state index contributed by atoms with van der Waals surface area (Å²) in [5.41, 5.74) is 0.176. The van der Waals surface area contributed by atoms with Gasteiger partial charge in [-0.1, -0.05) is 0 Å². The third kappa shape index (κ3) is 5.24. The van der Waals surface area contributed by atoms with Crippen LogP contribution in [0.15, 0.2) is 35.2 Å². The van der Waals surface area contributed by atoms with Gasteiger partial charge in [0.2, 0.25) is 5.89 Å². The first-order chi connectivity index (χ1) is 16.5. The van der Waals surface area contributed by atoms with E-state index in [-0.39, 0.29) is 23.3 Å². The van der Waals surface area contributed by atoms with Crippen LogP contribution >= 0.6 is 12.6 Å². The molecule has 3 aromatic heterocycles. The molecule has 1 amide bonds. The summed E-state index contributed by atoms with van der Waals surface area (Å²) in [6.07, 6.45) is 7.38. The molecule has 2 saturated carbocycles. The van der Waals surface area contributed by atoms with E-state index in [1.807, 2.05) is 0 Å². The Morgan fingerprint density at radius 3 is 2.76 bits per heavy atom. The summed E-state index contributed by atoms with van der Waals surface area (Å²) in [6.45, 7) is 0.867. The summed E-state index contributed by atoms with van der Waals surface area (Å²) in [7, 11) is 0. The maximum absolute atomic E-state index is 13.6. The Kier molecular flexibility index (Phi) is 6.53. The second-order valence-electron chi connectivity index (χ2n) is 8.92. The Morgan fingerprint density at radius 2 is 2.03 bits per heavy atom. The Balaban J connectivity index is 1.29.